The Morgan fingerprint density at radius 1 is 1.27 bits per heavy atom. The average Bonchev–Trinajstić information content (AvgIpc) is 3.46. The molecule has 3 aliphatic heterocycles. The highest BCUT2D eigenvalue weighted by molar-refractivity contribution is 9.10. The molecule has 37 heavy (non-hydrogen) atoms. The SMILES string of the molecule is CC1CN(C(=O)CN2C(=O)C3(CCNC(C(=O)c4ccc5[nH]ncc5c4)C3)c3c(Br)cccc32)CCS1. The van der Waals surface area contributed by atoms with Crippen LogP contribution in [0.4, 0.5) is 5.69 Å². The molecule has 2 amide bonds. The van der Waals surface area contributed by atoms with Crippen LogP contribution in [0.15, 0.2) is 47.1 Å². The van der Waals surface area contributed by atoms with E-state index in [1.54, 1.807) is 17.2 Å². The van der Waals surface area contributed by atoms with Crippen molar-refractivity contribution in [3.8, 4) is 0 Å². The van der Waals surface area contributed by atoms with Crippen LogP contribution in [0.1, 0.15) is 35.7 Å². The number of anilines is 1. The lowest BCUT2D eigenvalue weighted by Gasteiger charge is -2.38. The molecule has 1 aromatic heterocycles. The van der Waals surface area contributed by atoms with Crippen LogP contribution in [-0.2, 0) is 15.0 Å². The van der Waals surface area contributed by atoms with Gasteiger partial charge in [-0.2, -0.15) is 16.9 Å². The van der Waals surface area contributed by atoms with Gasteiger partial charge >= 0.3 is 0 Å². The number of H-pyrrole nitrogens is 1. The van der Waals surface area contributed by atoms with Gasteiger partial charge in [-0.05, 0) is 49.7 Å². The van der Waals surface area contributed by atoms with Crippen molar-refractivity contribution in [3.05, 3.63) is 58.2 Å². The molecule has 0 bridgehead atoms. The van der Waals surface area contributed by atoms with E-state index >= 15 is 0 Å². The first-order chi connectivity index (χ1) is 17.9. The molecule has 8 nitrogen and oxygen atoms in total. The Hall–Kier alpha value is -2.69. The number of hydrogen-bond donors (Lipinski definition) is 2. The number of hydrogen-bond acceptors (Lipinski definition) is 6. The molecule has 2 saturated heterocycles. The molecule has 6 rings (SSSR count). The van der Waals surface area contributed by atoms with Gasteiger partial charge in [-0.15, -0.1) is 0 Å². The number of carbonyl (C=O) groups is 3. The van der Waals surface area contributed by atoms with E-state index in [2.05, 4.69) is 38.4 Å². The van der Waals surface area contributed by atoms with Crippen LogP contribution in [0.5, 0.6) is 0 Å². The molecular weight excluding hydrogens is 554 g/mol. The predicted octanol–water partition coefficient (Wildman–Crippen LogP) is 3.51. The second-order valence-corrected chi connectivity index (χ2v) is 12.5. The third-order valence-electron chi connectivity index (χ3n) is 7.84. The van der Waals surface area contributed by atoms with Crippen molar-refractivity contribution < 1.29 is 14.4 Å². The minimum absolute atomic E-state index is 0.0185. The van der Waals surface area contributed by atoms with Crippen molar-refractivity contribution >= 4 is 61.9 Å². The zero-order chi connectivity index (χ0) is 25.7. The van der Waals surface area contributed by atoms with E-state index in [1.165, 1.54) is 0 Å². The van der Waals surface area contributed by atoms with Crippen LogP contribution in [0.2, 0.25) is 0 Å². The Bertz CT molecular complexity index is 1410. The van der Waals surface area contributed by atoms with Crippen molar-refractivity contribution in [1.82, 2.24) is 20.4 Å². The maximum absolute atomic E-state index is 14.2. The maximum atomic E-state index is 14.2. The molecule has 0 aliphatic carbocycles. The number of piperidine rings is 1. The van der Waals surface area contributed by atoms with Crippen LogP contribution in [0.25, 0.3) is 10.9 Å². The molecule has 2 aromatic carbocycles. The lowest BCUT2D eigenvalue weighted by molar-refractivity contribution is -0.132. The Morgan fingerprint density at radius 3 is 2.97 bits per heavy atom. The van der Waals surface area contributed by atoms with Crippen LogP contribution in [0.3, 0.4) is 0 Å². The number of amides is 2. The van der Waals surface area contributed by atoms with Crippen molar-refractivity contribution in [1.29, 1.82) is 0 Å². The van der Waals surface area contributed by atoms with Gasteiger partial charge in [0.25, 0.3) is 0 Å². The van der Waals surface area contributed by atoms with Gasteiger partial charge in [0.15, 0.2) is 5.78 Å². The topological polar surface area (TPSA) is 98.4 Å². The normalized spacial score (nSPS) is 25.6. The highest BCUT2D eigenvalue weighted by Crippen LogP contribution is 2.51. The molecule has 2 N–H and O–H groups in total. The van der Waals surface area contributed by atoms with E-state index in [-0.39, 0.29) is 24.1 Å². The Morgan fingerprint density at radius 2 is 2.14 bits per heavy atom. The summed E-state index contributed by atoms with van der Waals surface area (Å²) >= 11 is 5.56. The summed E-state index contributed by atoms with van der Waals surface area (Å²) < 4.78 is 0.837. The number of rotatable bonds is 4. The first-order valence-electron chi connectivity index (χ1n) is 12.6. The summed E-state index contributed by atoms with van der Waals surface area (Å²) in [6.45, 7) is 4.07. The zero-order valence-electron chi connectivity index (χ0n) is 20.5. The lowest BCUT2D eigenvalue weighted by Crippen LogP contribution is -2.55. The predicted molar refractivity (Wildman–Crippen MR) is 148 cm³/mol. The number of thioether (sulfide) groups is 1. The highest BCUT2D eigenvalue weighted by Gasteiger charge is 2.55. The largest absolute Gasteiger partial charge is 0.339 e. The van der Waals surface area contributed by atoms with E-state index in [0.29, 0.717) is 43.3 Å². The summed E-state index contributed by atoms with van der Waals surface area (Å²) in [7, 11) is 0. The van der Waals surface area contributed by atoms with E-state index < -0.39 is 11.5 Å². The number of carbonyl (C=O) groups excluding carboxylic acids is 3. The number of ketones is 1. The highest BCUT2D eigenvalue weighted by atomic mass is 79.9. The quantitative estimate of drug-likeness (QED) is 0.457. The van der Waals surface area contributed by atoms with Crippen molar-refractivity contribution in [3.63, 3.8) is 0 Å². The summed E-state index contributed by atoms with van der Waals surface area (Å²) in [5.74, 6) is 0.746. The molecule has 10 heteroatoms. The van der Waals surface area contributed by atoms with Crippen LogP contribution in [0, 0.1) is 0 Å². The number of benzene rings is 2. The molecule has 3 aliphatic rings. The van der Waals surface area contributed by atoms with E-state index in [1.807, 2.05) is 47.0 Å². The summed E-state index contributed by atoms with van der Waals surface area (Å²) in [5.41, 5.74) is 2.24. The van der Waals surface area contributed by atoms with Crippen molar-refractivity contribution in [2.45, 2.75) is 36.5 Å². The molecule has 0 radical (unpaired) electrons. The fraction of sp³-hybridized carbons (Fsp3) is 0.407. The van der Waals surface area contributed by atoms with Gasteiger partial charge in [0.2, 0.25) is 11.8 Å². The van der Waals surface area contributed by atoms with Gasteiger partial charge in [-0.25, -0.2) is 0 Å². The summed E-state index contributed by atoms with van der Waals surface area (Å²) in [6.07, 6.45) is 2.60. The molecule has 0 saturated carbocycles. The Balaban J connectivity index is 1.31. The van der Waals surface area contributed by atoms with E-state index in [9.17, 15) is 14.4 Å². The van der Waals surface area contributed by atoms with Crippen molar-refractivity contribution in [2.24, 2.45) is 0 Å². The number of fused-ring (bicyclic) bond motifs is 3. The number of aromatic nitrogens is 2. The molecule has 1 spiro atoms. The molecular formula is C27H28BrN5O3S. The van der Waals surface area contributed by atoms with Gasteiger partial charge in [-0.1, -0.05) is 28.9 Å². The van der Waals surface area contributed by atoms with Crippen LogP contribution >= 0.6 is 27.7 Å². The van der Waals surface area contributed by atoms with Crippen molar-refractivity contribution in [2.75, 3.05) is 36.8 Å². The molecule has 3 unspecified atom stereocenters. The first kappa shape index (κ1) is 24.6. The number of nitrogens with one attached hydrogen (secondary N) is 2. The third kappa shape index (κ3) is 4.19. The van der Waals surface area contributed by atoms with E-state index in [4.69, 9.17) is 0 Å². The third-order valence-corrected chi connectivity index (χ3v) is 9.64. The molecule has 192 valence electrons. The monoisotopic (exact) mass is 581 g/mol. The number of nitrogens with zero attached hydrogens (tertiary/aromatic N) is 3. The first-order valence-corrected chi connectivity index (χ1v) is 14.4. The average molecular weight is 583 g/mol. The van der Waals surface area contributed by atoms with Gasteiger partial charge < -0.3 is 15.1 Å². The number of aromatic amines is 1. The second-order valence-electron chi connectivity index (χ2n) is 10.1. The second kappa shape index (κ2) is 9.56. The van der Waals surface area contributed by atoms with Gasteiger partial charge in [0.1, 0.15) is 6.54 Å². The molecule has 2 fully saturated rings. The standard InChI is InChI=1S/C27H28BrN5O3S/c1-16-14-32(9-10-37-16)23(34)15-33-22-4-2-3-19(28)24(22)27(26(33)36)7-8-29-21(12-27)25(35)17-5-6-20-18(11-17)13-30-31-20/h2-6,11,13,16,21,29H,7-10,12,14-15H2,1H3,(H,30,31). The number of Topliss-reactive ketones (excluding diaryl/α,β-unsaturated/α-hetero) is 1. The summed E-state index contributed by atoms with van der Waals surface area (Å²) in [6, 6.07) is 10.7. The number of halogens is 1. The van der Waals surface area contributed by atoms with Gasteiger partial charge in [-0.3, -0.25) is 19.5 Å². The molecule has 4 heterocycles. The van der Waals surface area contributed by atoms with Crippen LogP contribution in [-0.4, -0.2) is 75.9 Å². The summed E-state index contributed by atoms with van der Waals surface area (Å²) in [4.78, 5) is 44.6. The minimum Gasteiger partial charge on any atom is -0.339 e. The fourth-order valence-corrected chi connectivity index (χ4v) is 7.76. The lowest BCUT2D eigenvalue weighted by atomic mass is 9.70. The fourth-order valence-electron chi connectivity index (χ4n) is 6.01. The zero-order valence-corrected chi connectivity index (χ0v) is 22.9. The van der Waals surface area contributed by atoms with Gasteiger partial charge in [0, 0.05) is 50.8 Å². The molecule has 3 aromatic rings. The Kier molecular flexibility index (Phi) is 6.37. The van der Waals surface area contributed by atoms with Gasteiger partial charge in [0.05, 0.1) is 23.2 Å². The van der Waals surface area contributed by atoms with Crippen LogP contribution < -0.4 is 10.2 Å². The summed E-state index contributed by atoms with van der Waals surface area (Å²) in [5, 5.41) is 11.6. The minimum atomic E-state index is -0.869. The molecule has 3 atom stereocenters. The van der Waals surface area contributed by atoms with E-state index in [0.717, 1.165) is 32.4 Å². The smallest absolute Gasteiger partial charge is 0.242 e. The maximum Gasteiger partial charge on any atom is 0.242 e. The Labute approximate surface area is 227 Å².